The van der Waals surface area contributed by atoms with Gasteiger partial charge >= 0.3 is 5.97 Å². The third-order valence-corrected chi connectivity index (χ3v) is 4.30. The van der Waals surface area contributed by atoms with Crippen molar-refractivity contribution >= 4 is 17.8 Å². The van der Waals surface area contributed by atoms with Gasteiger partial charge in [-0.25, -0.2) is 14.8 Å². The van der Waals surface area contributed by atoms with Gasteiger partial charge in [-0.3, -0.25) is 14.5 Å². The molecular weight excluding hydrogens is 274 g/mol. The second-order valence-electron chi connectivity index (χ2n) is 5.74. The van der Waals surface area contributed by atoms with Gasteiger partial charge in [-0.15, -0.1) is 0 Å². The minimum atomic E-state index is -1.17. The summed E-state index contributed by atoms with van der Waals surface area (Å²) in [5.41, 5.74) is 0.107. The largest absolute Gasteiger partial charge is 0.478 e. The number of carboxylic acids is 1. The third kappa shape index (κ3) is 2.18. The molecule has 1 aliphatic carbocycles. The van der Waals surface area contributed by atoms with Gasteiger partial charge in [0.05, 0.1) is 24.1 Å². The van der Waals surface area contributed by atoms with Crippen molar-refractivity contribution in [2.45, 2.75) is 26.3 Å². The van der Waals surface area contributed by atoms with Crippen LogP contribution in [0, 0.1) is 17.8 Å². The average molecular weight is 289 g/mol. The smallest absolute Gasteiger partial charge is 0.339 e. The summed E-state index contributed by atoms with van der Waals surface area (Å²) in [5, 5.41) is 9.10. The Labute approximate surface area is 121 Å². The van der Waals surface area contributed by atoms with Gasteiger partial charge in [-0.2, -0.15) is 0 Å². The van der Waals surface area contributed by atoms with Gasteiger partial charge in [-0.05, 0) is 18.8 Å². The third-order valence-electron chi connectivity index (χ3n) is 4.30. The van der Waals surface area contributed by atoms with Crippen molar-refractivity contribution in [2.75, 3.05) is 0 Å². The van der Waals surface area contributed by atoms with E-state index < -0.39 is 5.97 Å². The van der Waals surface area contributed by atoms with E-state index in [9.17, 15) is 14.4 Å². The lowest BCUT2D eigenvalue weighted by Gasteiger charge is -2.17. The average Bonchev–Trinajstić information content (AvgIpc) is 2.93. The predicted octanol–water partition coefficient (Wildman–Crippen LogP) is 0.706. The first-order valence-corrected chi connectivity index (χ1v) is 6.86. The number of nitrogens with zero attached hydrogens (tertiary/aromatic N) is 3. The topological polar surface area (TPSA) is 100 Å². The number of carbonyl (C=O) groups excluding carboxylic acids is 2. The molecule has 1 saturated heterocycles. The highest BCUT2D eigenvalue weighted by atomic mass is 16.4. The molecule has 2 fully saturated rings. The number of hydrogen-bond donors (Lipinski definition) is 1. The Hall–Kier alpha value is -2.31. The number of fused-ring (bicyclic) bond motifs is 1. The number of hydrogen-bond acceptors (Lipinski definition) is 5. The normalized spacial score (nSPS) is 28.0. The maximum Gasteiger partial charge on any atom is 0.339 e. The van der Waals surface area contributed by atoms with Crippen molar-refractivity contribution in [3.8, 4) is 0 Å². The predicted molar refractivity (Wildman–Crippen MR) is 69.9 cm³/mol. The van der Waals surface area contributed by atoms with E-state index >= 15 is 0 Å². The van der Waals surface area contributed by atoms with Gasteiger partial charge in [0.25, 0.3) is 0 Å². The number of amides is 2. The lowest BCUT2D eigenvalue weighted by Crippen LogP contribution is -2.32. The Kier molecular flexibility index (Phi) is 3.19. The van der Waals surface area contributed by atoms with E-state index in [0.717, 1.165) is 17.7 Å². The zero-order valence-corrected chi connectivity index (χ0v) is 11.5. The summed E-state index contributed by atoms with van der Waals surface area (Å²) < 4.78 is 0. The summed E-state index contributed by atoms with van der Waals surface area (Å²) in [4.78, 5) is 44.5. The maximum atomic E-state index is 12.3. The van der Waals surface area contributed by atoms with Crippen LogP contribution in [0.5, 0.6) is 0 Å². The summed E-state index contributed by atoms with van der Waals surface area (Å²) >= 11 is 0. The molecule has 0 radical (unpaired) electrons. The number of carbonyl (C=O) groups is 3. The van der Waals surface area contributed by atoms with E-state index in [2.05, 4.69) is 9.97 Å². The van der Waals surface area contributed by atoms with Gasteiger partial charge in [0.2, 0.25) is 11.8 Å². The minimum Gasteiger partial charge on any atom is -0.478 e. The molecule has 0 bridgehead atoms. The van der Waals surface area contributed by atoms with Gasteiger partial charge in [0.15, 0.2) is 0 Å². The molecule has 110 valence electrons. The van der Waals surface area contributed by atoms with Crippen LogP contribution in [0.1, 0.15) is 35.8 Å². The Morgan fingerprint density at radius 3 is 2.52 bits per heavy atom. The molecule has 0 spiro atoms. The molecule has 7 nitrogen and oxygen atoms in total. The monoisotopic (exact) mass is 289 g/mol. The molecule has 2 heterocycles. The molecule has 2 amide bonds. The summed E-state index contributed by atoms with van der Waals surface area (Å²) in [5.74, 6) is -1.69. The maximum absolute atomic E-state index is 12.3. The van der Waals surface area contributed by atoms with Gasteiger partial charge in [0.1, 0.15) is 11.9 Å². The first-order valence-electron chi connectivity index (χ1n) is 6.86. The number of likely N-dealkylation sites (tertiary alicyclic amines) is 1. The molecular formula is C14H15N3O4. The molecule has 1 N–H and O–H groups in total. The lowest BCUT2D eigenvalue weighted by molar-refractivity contribution is -0.141. The molecule has 2 atom stereocenters. The van der Waals surface area contributed by atoms with Crippen LogP contribution < -0.4 is 0 Å². The van der Waals surface area contributed by atoms with Crippen LogP contribution in [0.4, 0.5) is 0 Å². The van der Waals surface area contributed by atoms with Crippen LogP contribution in [-0.2, 0) is 16.1 Å². The first-order chi connectivity index (χ1) is 9.99. The fourth-order valence-corrected chi connectivity index (χ4v) is 3.31. The molecule has 1 aromatic heterocycles. The van der Waals surface area contributed by atoms with E-state index in [4.69, 9.17) is 5.11 Å². The second-order valence-corrected chi connectivity index (χ2v) is 5.74. The fraction of sp³-hybridized carbons (Fsp3) is 0.500. The van der Waals surface area contributed by atoms with Crippen LogP contribution in [0.2, 0.25) is 0 Å². The second kappa shape index (κ2) is 4.91. The highest BCUT2D eigenvalue weighted by Gasteiger charge is 2.51. The van der Waals surface area contributed by atoms with Crippen molar-refractivity contribution < 1.29 is 19.5 Å². The SMILES string of the molecule is CC1CC2C(=O)N(Cc3ncncc3C(=O)O)C(=O)C2C1. The van der Waals surface area contributed by atoms with E-state index in [0.29, 0.717) is 5.92 Å². The van der Waals surface area contributed by atoms with E-state index in [1.165, 1.54) is 12.5 Å². The van der Waals surface area contributed by atoms with E-state index in [1.807, 2.05) is 6.92 Å². The fourth-order valence-electron chi connectivity index (χ4n) is 3.31. The van der Waals surface area contributed by atoms with Crippen molar-refractivity contribution in [3.63, 3.8) is 0 Å². The highest BCUT2D eigenvalue weighted by Crippen LogP contribution is 2.43. The van der Waals surface area contributed by atoms with Crippen LogP contribution in [-0.4, -0.2) is 37.8 Å². The minimum absolute atomic E-state index is 0.0801. The molecule has 2 aliphatic rings. The van der Waals surface area contributed by atoms with Crippen LogP contribution >= 0.6 is 0 Å². The van der Waals surface area contributed by atoms with E-state index in [-0.39, 0.29) is 41.5 Å². The number of aromatic nitrogens is 2. The number of rotatable bonds is 3. The van der Waals surface area contributed by atoms with Crippen LogP contribution in [0.25, 0.3) is 0 Å². The van der Waals surface area contributed by atoms with Gasteiger partial charge in [-0.1, -0.05) is 6.92 Å². The Balaban J connectivity index is 1.85. The Morgan fingerprint density at radius 1 is 1.33 bits per heavy atom. The summed E-state index contributed by atoms with van der Waals surface area (Å²) in [7, 11) is 0. The van der Waals surface area contributed by atoms with Crippen LogP contribution in [0.3, 0.4) is 0 Å². The van der Waals surface area contributed by atoms with Crippen molar-refractivity contribution in [1.29, 1.82) is 0 Å². The van der Waals surface area contributed by atoms with Crippen molar-refractivity contribution in [3.05, 3.63) is 23.8 Å². The molecule has 21 heavy (non-hydrogen) atoms. The Bertz CT molecular complexity index is 606. The number of carboxylic acid groups (broad SMARTS) is 1. The number of aromatic carboxylic acids is 1. The molecule has 1 saturated carbocycles. The summed E-state index contributed by atoms with van der Waals surface area (Å²) in [6.07, 6.45) is 3.84. The van der Waals surface area contributed by atoms with Gasteiger partial charge < -0.3 is 5.11 Å². The zero-order chi connectivity index (χ0) is 15.1. The zero-order valence-electron chi connectivity index (χ0n) is 11.5. The number of imide groups is 1. The summed E-state index contributed by atoms with van der Waals surface area (Å²) in [6.45, 7) is 1.94. The molecule has 2 unspecified atom stereocenters. The molecule has 1 aromatic rings. The summed E-state index contributed by atoms with van der Waals surface area (Å²) in [6, 6.07) is 0. The molecule has 7 heteroatoms. The standard InChI is InChI=1S/C14H15N3O4/c1-7-2-8-9(3-7)13(19)17(12(8)18)5-11-10(14(20)21)4-15-6-16-11/h4,6-9H,2-3,5H2,1H3,(H,20,21). The van der Waals surface area contributed by atoms with Gasteiger partial charge in [0, 0.05) is 6.20 Å². The van der Waals surface area contributed by atoms with Crippen LogP contribution in [0.15, 0.2) is 12.5 Å². The first kappa shape index (κ1) is 13.7. The van der Waals surface area contributed by atoms with E-state index in [1.54, 1.807) is 0 Å². The molecule has 3 rings (SSSR count). The molecule has 1 aliphatic heterocycles. The van der Waals surface area contributed by atoms with Crippen molar-refractivity contribution in [2.24, 2.45) is 17.8 Å². The Morgan fingerprint density at radius 2 is 1.95 bits per heavy atom. The van der Waals surface area contributed by atoms with Crippen molar-refractivity contribution in [1.82, 2.24) is 14.9 Å². The quantitative estimate of drug-likeness (QED) is 0.822. The lowest BCUT2D eigenvalue weighted by atomic mass is 10.00. The highest BCUT2D eigenvalue weighted by molar-refractivity contribution is 6.05. The molecule has 0 aromatic carbocycles.